The molecular weight excluding hydrogens is 989 g/mol. The quantitative estimate of drug-likeness (QED) is 0.119. The third-order valence-corrected chi connectivity index (χ3v) is 11.0. The maximum atomic E-state index is 11.8. The van der Waals surface area contributed by atoms with Crippen molar-refractivity contribution in [2.24, 2.45) is 28.2 Å². The fourth-order valence-electron chi connectivity index (χ4n) is 7.06. The molecule has 0 saturated heterocycles. The van der Waals surface area contributed by atoms with Crippen LogP contribution in [0.4, 0.5) is 11.8 Å². The Morgan fingerprint density at radius 2 is 0.833 bits per heavy atom. The van der Waals surface area contributed by atoms with Gasteiger partial charge in [0.25, 0.3) is 16.7 Å². The van der Waals surface area contributed by atoms with Gasteiger partial charge in [0.1, 0.15) is 12.0 Å². The van der Waals surface area contributed by atoms with Crippen LogP contribution in [0, 0.1) is 47.4 Å². The summed E-state index contributed by atoms with van der Waals surface area (Å²) in [4.78, 5) is 88.9. The molecule has 0 amide bonds. The summed E-state index contributed by atoms with van der Waals surface area (Å²) in [5, 5.41) is 0. The lowest BCUT2D eigenvalue weighted by Crippen LogP contribution is -2.22. The molecule has 4 aromatic carbocycles. The first-order valence-corrected chi connectivity index (χ1v) is 23.0. The summed E-state index contributed by atoms with van der Waals surface area (Å²) in [6.07, 6.45) is 2.75. The molecule has 380 valence electrons. The first-order chi connectivity index (χ1) is 39.4. The number of nitrogens with zero attached hydrogens (tertiary/aromatic N) is 12. The smallest absolute Gasteiger partial charge is 0.327 e. The molecule has 12 aromatic rings. The van der Waals surface area contributed by atoms with Crippen LogP contribution < -0.4 is 33.8 Å². The molecule has 0 unspecified atom stereocenters. The van der Waals surface area contributed by atoms with Gasteiger partial charge in [-0.15, -0.1) is 0 Å². The number of rotatable bonds is 0. The zero-order valence-corrected chi connectivity index (χ0v) is 41.5. The third-order valence-electron chi connectivity index (χ3n) is 11.0. The summed E-state index contributed by atoms with van der Waals surface area (Å²) in [7, 11) is 6.98. The molecule has 0 bridgehead atoms. The van der Waals surface area contributed by atoms with E-state index >= 15 is 0 Å². The summed E-state index contributed by atoms with van der Waals surface area (Å²) < 4.78 is 36.3. The van der Waals surface area contributed by atoms with Crippen LogP contribution in [0.3, 0.4) is 0 Å². The molecule has 78 heavy (non-hydrogen) atoms. The number of nitrogens with two attached hydrogens (primary N) is 2. The predicted molar refractivity (Wildman–Crippen MR) is 295 cm³/mol. The maximum absolute atomic E-state index is 11.8. The van der Waals surface area contributed by atoms with Gasteiger partial charge in [-0.25, -0.2) is 39.7 Å². The van der Waals surface area contributed by atoms with E-state index in [0.29, 0.717) is 81.4 Å². The number of nitrogens with one attached hydrogen (secondary N) is 4. The van der Waals surface area contributed by atoms with Crippen molar-refractivity contribution in [2.45, 2.75) is 0 Å². The van der Waals surface area contributed by atoms with Gasteiger partial charge in [0.05, 0.1) is 11.8 Å². The van der Waals surface area contributed by atoms with Crippen molar-refractivity contribution in [2.75, 3.05) is 11.5 Å². The van der Waals surface area contributed by atoms with Crippen molar-refractivity contribution in [1.29, 1.82) is 0 Å². The van der Waals surface area contributed by atoms with Crippen LogP contribution in [0.25, 0.3) is 44.7 Å². The first kappa shape index (κ1) is 45.9. The van der Waals surface area contributed by atoms with Crippen molar-refractivity contribution in [1.82, 2.24) is 78.1 Å². The molecular formula is C56H42N18O4. The normalized spacial score (nSPS) is 10.9. The van der Waals surface area contributed by atoms with Gasteiger partial charge in [-0.05, 0) is 72.2 Å². The number of H-pyrrole nitrogens is 4. The minimum atomic E-state index is -0.582. The van der Waals surface area contributed by atoms with Gasteiger partial charge in [-0.2, -0.15) is 4.98 Å². The molecule has 0 atom stereocenters. The number of aromatic nitrogens is 16. The summed E-state index contributed by atoms with van der Waals surface area (Å²) in [6.45, 7) is 0. The highest BCUT2D eigenvalue weighted by Gasteiger charge is 2.14. The van der Waals surface area contributed by atoms with Gasteiger partial charge >= 0.3 is 5.69 Å². The van der Waals surface area contributed by atoms with Gasteiger partial charge < -0.3 is 34.7 Å². The van der Waals surface area contributed by atoms with Crippen LogP contribution in [0.1, 0.15) is 51.0 Å². The van der Waals surface area contributed by atoms with Crippen LogP contribution in [0.5, 0.6) is 0 Å². The van der Waals surface area contributed by atoms with Crippen molar-refractivity contribution in [3.63, 3.8) is 0 Å². The molecule has 12 rings (SSSR count). The Kier molecular flexibility index (Phi) is 13.5. The first-order valence-electron chi connectivity index (χ1n) is 25.0. The number of benzene rings is 4. The number of hydrogen-bond acceptors (Lipinski definition) is 14. The van der Waals surface area contributed by atoms with E-state index in [9.17, 15) is 19.2 Å². The average molecular weight is 1040 g/mol. The second-order valence-corrected chi connectivity index (χ2v) is 16.2. The molecule has 0 aliphatic carbocycles. The highest BCUT2D eigenvalue weighted by molar-refractivity contribution is 5.82. The number of nitrogen functional groups attached to an aromatic ring is 2. The average Bonchev–Trinajstić information content (AvgIpc) is 4.34. The van der Waals surface area contributed by atoms with Crippen LogP contribution in [0.15, 0.2) is 153 Å². The lowest BCUT2D eigenvalue weighted by Gasteiger charge is -1.95. The maximum Gasteiger partial charge on any atom is 0.327 e. The fraction of sp³-hybridized carbons (Fsp3) is 0.0714. The molecule has 22 heteroatoms. The molecule has 0 radical (unpaired) electrons. The molecule has 8 N–H and O–H groups in total. The SMILES string of the molecule is [3H]c1ccc(C#Cc2nc3c(=O)[nH]c(=O)[nH]c3n2C)cc1.[3H]c1ccc(C#Cc2nc3c(=O)[nH]c(N)nc3n2C)cc1.[3H]c1ccc(C#Cc2nc3c(=O)[nH]cnc3n2C)cc1.[3H]c1ccc(C#Cc2nc3c(N)ncnc3n2C)cc1. The van der Waals surface area contributed by atoms with E-state index in [2.05, 4.69) is 107 Å². The highest BCUT2D eigenvalue weighted by Crippen LogP contribution is 2.16. The Balaban J connectivity index is 0.000000132. The largest absolute Gasteiger partial charge is 0.382 e. The Morgan fingerprint density at radius 3 is 1.29 bits per heavy atom. The van der Waals surface area contributed by atoms with Gasteiger partial charge in [0.15, 0.2) is 68.1 Å². The summed E-state index contributed by atoms with van der Waals surface area (Å²) in [5.41, 5.74) is 15.7. The topological polar surface area (TPSA) is 306 Å². The monoisotopic (exact) mass is 1040 g/mol. The van der Waals surface area contributed by atoms with Crippen molar-refractivity contribution in [3.05, 3.63) is 221 Å². The summed E-state index contributed by atoms with van der Waals surface area (Å²) in [6, 6.07) is 29.2. The van der Waals surface area contributed by atoms with Gasteiger partial charge in [0, 0.05) is 50.4 Å². The Labute approximate surface area is 446 Å². The van der Waals surface area contributed by atoms with Gasteiger partial charge in [-0.1, -0.05) is 96.4 Å². The molecule has 0 spiro atoms. The standard InChI is InChI=1S/C14H11N5O.C14H11N5.C14H10N4O2.C14H10N4O/c1-19-10(8-7-9-5-3-2-4-6-9)16-11-12(19)17-14(15)18-13(11)20;1-19-11(8-7-10-5-3-2-4-6-10)18-12-13(15)16-9-17-14(12)19;1-18-10(8-7-9-5-3-2-4-6-9)15-11-12(18)16-14(20)17-13(11)19;1-18-11(8-7-10-5-3-2-4-6-10)17-12-13(18)15-9-16-14(12)19/h2-6H,1H3,(H3,15,17,18,20);2-6,9H,1H3,(H2,15,16,17);2-6H,1H3,(H2,16,17,19,20);2-6,9H,1H3,(H,15,16,19)/i4*2T. The lowest BCUT2D eigenvalue weighted by atomic mass is 10.2. The van der Waals surface area contributed by atoms with E-state index in [-0.39, 0.29) is 33.6 Å². The highest BCUT2D eigenvalue weighted by atomic mass is 16.2. The van der Waals surface area contributed by atoms with Gasteiger partial charge in [-0.3, -0.25) is 29.3 Å². The predicted octanol–water partition coefficient (Wildman–Crippen LogP) is 3.39. The fourth-order valence-corrected chi connectivity index (χ4v) is 7.06. The van der Waals surface area contributed by atoms with E-state index in [0.717, 1.165) is 22.3 Å². The van der Waals surface area contributed by atoms with Crippen LogP contribution in [-0.2, 0) is 28.2 Å². The Morgan fingerprint density at radius 1 is 0.436 bits per heavy atom. The number of anilines is 2. The van der Waals surface area contributed by atoms with Gasteiger partial charge in [0.2, 0.25) is 5.95 Å². The molecule has 8 aromatic heterocycles. The molecule has 0 aliphatic rings. The van der Waals surface area contributed by atoms with Crippen molar-refractivity contribution in [3.8, 4) is 47.4 Å². The molecule has 22 nitrogen and oxygen atoms in total. The molecule has 0 fully saturated rings. The second-order valence-electron chi connectivity index (χ2n) is 16.2. The number of imidazole rings is 4. The van der Waals surface area contributed by atoms with E-state index in [1.807, 2.05) is 7.05 Å². The van der Waals surface area contributed by atoms with Crippen LogP contribution in [-0.4, -0.2) is 78.1 Å². The third kappa shape index (κ3) is 11.6. The molecule has 0 aliphatic heterocycles. The van der Waals surface area contributed by atoms with Crippen molar-refractivity contribution < 1.29 is 5.48 Å². The number of aromatic amines is 4. The number of aryl methyl sites for hydroxylation is 4. The minimum Gasteiger partial charge on any atom is -0.382 e. The van der Waals surface area contributed by atoms with E-state index < -0.39 is 11.2 Å². The zero-order valence-electron chi connectivity index (χ0n) is 45.5. The van der Waals surface area contributed by atoms with E-state index in [1.54, 1.807) is 136 Å². The van der Waals surface area contributed by atoms with Crippen LogP contribution >= 0.6 is 0 Å². The second kappa shape index (κ2) is 22.9. The minimum absolute atomic E-state index is 0.0426. The molecule has 8 heterocycles. The van der Waals surface area contributed by atoms with Crippen LogP contribution in [0.2, 0.25) is 0 Å². The van der Waals surface area contributed by atoms with Crippen molar-refractivity contribution >= 4 is 56.4 Å². The van der Waals surface area contributed by atoms with E-state index in [1.165, 1.54) is 12.7 Å². The lowest BCUT2D eigenvalue weighted by molar-refractivity contribution is 0.901. The zero-order chi connectivity index (χ0) is 58.2. The molecule has 0 saturated carbocycles. The number of hydrogen-bond donors (Lipinski definition) is 6. The van der Waals surface area contributed by atoms with E-state index in [4.69, 9.17) is 17.0 Å². The number of fused-ring (bicyclic) bond motifs is 4. The Hall–Kier alpha value is -11.9. The Bertz CT molecular complexity index is 4930. The summed E-state index contributed by atoms with van der Waals surface area (Å²) >= 11 is 0. The summed E-state index contributed by atoms with van der Waals surface area (Å²) in [5.74, 6) is 25.7.